The monoisotopic (exact) mass is 248 g/mol. The second kappa shape index (κ2) is 5.31. The lowest BCUT2D eigenvalue weighted by Crippen LogP contribution is -2.02. The number of benzene rings is 1. The van der Waals surface area contributed by atoms with Crippen molar-refractivity contribution >= 4 is 16.6 Å². The SMILES string of the molecule is CCNc1cc(COC)nc2c(F)cc(C)cc12. The van der Waals surface area contributed by atoms with Gasteiger partial charge in [-0.05, 0) is 37.6 Å². The summed E-state index contributed by atoms with van der Waals surface area (Å²) in [5, 5.41) is 4.06. The molecule has 0 spiro atoms. The van der Waals surface area contributed by atoms with Gasteiger partial charge in [0.15, 0.2) is 0 Å². The van der Waals surface area contributed by atoms with Gasteiger partial charge in [0.25, 0.3) is 0 Å². The number of hydrogen-bond donors (Lipinski definition) is 1. The Morgan fingerprint density at radius 2 is 2.11 bits per heavy atom. The smallest absolute Gasteiger partial charge is 0.149 e. The second-order valence-corrected chi connectivity index (χ2v) is 4.27. The molecule has 2 rings (SSSR count). The van der Waals surface area contributed by atoms with Crippen molar-refractivity contribution in [2.24, 2.45) is 0 Å². The number of aromatic nitrogens is 1. The molecule has 0 aliphatic carbocycles. The Balaban J connectivity index is 2.68. The standard InChI is InChI=1S/C14H17FN2O/c1-4-16-13-7-10(8-18-3)17-14-11(13)5-9(2)6-12(14)15/h5-7H,4,8H2,1-3H3,(H,16,17). The fraction of sp³-hybridized carbons (Fsp3) is 0.357. The van der Waals surface area contributed by atoms with Crippen LogP contribution < -0.4 is 5.32 Å². The van der Waals surface area contributed by atoms with Crippen LogP contribution in [0.1, 0.15) is 18.2 Å². The third-order valence-corrected chi connectivity index (χ3v) is 2.72. The van der Waals surface area contributed by atoms with E-state index in [2.05, 4.69) is 10.3 Å². The molecule has 0 aliphatic heterocycles. The van der Waals surface area contributed by atoms with Gasteiger partial charge in [-0.25, -0.2) is 9.37 Å². The van der Waals surface area contributed by atoms with Gasteiger partial charge in [0.2, 0.25) is 0 Å². The lowest BCUT2D eigenvalue weighted by atomic mass is 10.1. The number of pyridine rings is 1. The first-order valence-electron chi connectivity index (χ1n) is 5.98. The Kier molecular flexibility index (Phi) is 3.77. The number of aryl methyl sites for hydroxylation is 1. The van der Waals surface area contributed by atoms with Crippen LogP contribution in [0.25, 0.3) is 10.9 Å². The highest BCUT2D eigenvalue weighted by molar-refractivity contribution is 5.92. The Labute approximate surface area is 106 Å². The zero-order valence-electron chi connectivity index (χ0n) is 10.9. The molecule has 1 heterocycles. The third-order valence-electron chi connectivity index (χ3n) is 2.72. The molecule has 0 radical (unpaired) electrons. The Morgan fingerprint density at radius 3 is 2.78 bits per heavy atom. The van der Waals surface area contributed by atoms with E-state index in [0.29, 0.717) is 12.1 Å². The quantitative estimate of drug-likeness (QED) is 0.901. The molecule has 2 aromatic rings. The molecular weight excluding hydrogens is 231 g/mol. The predicted molar refractivity (Wildman–Crippen MR) is 71.3 cm³/mol. The summed E-state index contributed by atoms with van der Waals surface area (Å²) < 4.78 is 19.0. The number of hydrogen-bond acceptors (Lipinski definition) is 3. The summed E-state index contributed by atoms with van der Waals surface area (Å²) in [4.78, 5) is 4.31. The van der Waals surface area contributed by atoms with E-state index in [1.807, 2.05) is 26.0 Å². The van der Waals surface area contributed by atoms with Crippen LogP contribution in [0.3, 0.4) is 0 Å². The molecular formula is C14H17FN2O. The molecule has 0 saturated heterocycles. The summed E-state index contributed by atoms with van der Waals surface area (Å²) in [7, 11) is 1.60. The van der Waals surface area contributed by atoms with E-state index < -0.39 is 0 Å². The summed E-state index contributed by atoms with van der Waals surface area (Å²) >= 11 is 0. The topological polar surface area (TPSA) is 34.1 Å². The van der Waals surface area contributed by atoms with E-state index >= 15 is 0 Å². The van der Waals surface area contributed by atoms with E-state index in [4.69, 9.17) is 4.74 Å². The normalized spacial score (nSPS) is 10.9. The van der Waals surface area contributed by atoms with Gasteiger partial charge in [0.1, 0.15) is 11.3 Å². The molecule has 1 aromatic carbocycles. The summed E-state index contributed by atoms with van der Waals surface area (Å²) in [6.45, 7) is 5.04. The molecule has 0 fully saturated rings. The van der Waals surface area contributed by atoms with Gasteiger partial charge in [0.05, 0.1) is 12.3 Å². The summed E-state index contributed by atoms with van der Waals surface area (Å²) in [6.07, 6.45) is 0. The van der Waals surface area contributed by atoms with Crippen molar-refractivity contribution in [1.82, 2.24) is 4.98 Å². The molecule has 0 atom stereocenters. The fourth-order valence-corrected chi connectivity index (χ4v) is 2.03. The number of nitrogens with zero attached hydrogens (tertiary/aromatic N) is 1. The molecule has 1 aromatic heterocycles. The predicted octanol–water partition coefficient (Wildman–Crippen LogP) is 3.26. The number of rotatable bonds is 4. The molecule has 0 bridgehead atoms. The van der Waals surface area contributed by atoms with Crippen LogP contribution in [0.2, 0.25) is 0 Å². The van der Waals surface area contributed by atoms with Crippen LogP contribution in [0.4, 0.5) is 10.1 Å². The van der Waals surface area contributed by atoms with E-state index in [9.17, 15) is 4.39 Å². The number of fused-ring (bicyclic) bond motifs is 1. The highest BCUT2D eigenvalue weighted by Gasteiger charge is 2.10. The lowest BCUT2D eigenvalue weighted by Gasteiger charge is -2.11. The Hall–Kier alpha value is -1.68. The average molecular weight is 248 g/mol. The molecule has 1 N–H and O–H groups in total. The number of halogens is 1. The van der Waals surface area contributed by atoms with Crippen LogP contribution in [0, 0.1) is 12.7 Å². The van der Waals surface area contributed by atoms with Crippen LogP contribution in [0.15, 0.2) is 18.2 Å². The number of nitrogens with one attached hydrogen (secondary N) is 1. The molecule has 96 valence electrons. The Bertz CT molecular complexity index is 569. The maximum Gasteiger partial charge on any atom is 0.149 e. The van der Waals surface area contributed by atoms with Gasteiger partial charge < -0.3 is 10.1 Å². The first kappa shape index (κ1) is 12.8. The number of methoxy groups -OCH3 is 1. The van der Waals surface area contributed by atoms with Crippen LogP contribution in [-0.2, 0) is 11.3 Å². The highest BCUT2D eigenvalue weighted by Crippen LogP contribution is 2.26. The minimum atomic E-state index is -0.290. The van der Waals surface area contributed by atoms with Crippen molar-refractivity contribution < 1.29 is 9.13 Å². The van der Waals surface area contributed by atoms with Gasteiger partial charge in [-0.1, -0.05) is 0 Å². The molecule has 3 nitrogen and oxygen atoms in total. The molecule has 4 heteroatoms. The number of ether oxygens (including phenoxy) is 1. The second-order valence-electron chi connectivity index (χ2n) is 4.27. The average Bonchev–Trinajstić information content (AvgIpc) is 2.31. The van der Waals surface area contributed by atoms with E-state index in [-0.39, 0.29) is 5.82 Å². The van der Waals surface area contributed by atoms with Crippen LogP contribution >= 0.6 is 0 Å². The molecule has 0 amide bonds. The van der Waals surface area contributed by atoms with Crippen molar-refractivity contribution in [3.8, 4) is 0 Å². The van der Waals surface area contributed by atoms with E-state index in [1.165, 1.54) is 6.07 Å². The van der Waals surface area contributed by atoms with Crippen LogP contribution in [0.5, 0.6) is 0 Å². The maximum atomic E-state index is 14.0. The molecule has 18 heavy (non-hydrogen) atoms. The van der Waals surface area contributed by atoms with Gasteiger partial charge in [-0.15, -0.1) is 0 Å². The van der Waals surface area contributed by atoms with Crippen molar-refractivity contribution in [2.45, 2.75) is 20.5 Å². The molecule has 0 saturated carbocycles. The van der Waals surface area contributed by atoms with Gasteiger partial charge >= 0.3 is 0 Å². The largest absolute Gasteiger partial charge is 0.385 e. The minimum Gasteiger partial charge on any atom is -0.385 e. The fourth-order valence-electron chi connectivity index (χ4n) is 2.03. The summed E-state index contributed by atoms with van der Waals surface area (Å²) in [6, 6.07) is 5.36. The first-order chi connectivity index (χ1) is 8.65. The highest BCUT2D eigenvalue weighted by atomic mass is 19.1. The van der Waals surface area contributed by atoms with Crippen molar-refractivity contribution in [3.63, 3.8) is 0 Å². The lowest BCUT2D eigenvalue weighted by molar-refractivity contribution is 0.182. The minimum absolute atomic E-state index is 0.290. The first-order valence-corrected chi connectivity index (χ1v) is 5.98. The van der Waals surface area contributed by atoms with Gasteiger partial charge in [0, 0.05) is 24.7 Å². The van der Waals surface area contributed by atoms with Gasteiger partial charge in [-0.2, -0.15) is 0 Å². The Morgan fingerprint density at radius 1 is 1.33 bits per heavy atom. The van der Waals surface area contributed by atoms with Crippen molar-refractivity contribution in [3.05, 3.63) is 35.3 Å². The van der Waals surface area contributed by atoms with Crippen molar-refractivity contribution in [1.29, 1.82) is 0 Å². The maximum absolute atomic E-state index is 14.0. The van der Waals surface area contributed by atoms with E-state index in [0.717, 1.165) is 28.9 Å². The summed E-state index contributed by atoms with van der Waals surface area (Å²) in [5.74, 6) is -0.290. The zero-order valence-corrected chi connectivity index (χ0v) is 10.9. The molecule has 0 aliphatic rings. The molecule has 0 unspecified atom stereocenters. The van der Waals surface area contributed by atoms with Crippen molar-refractivity contribution in [2.75, 3.05) is 19.0 Å². The van der Waals surface area contributed by atoms with Gasteiger partial charge in [-0.3, -0.25) is 0 Å². The number of anilines is 1. The zero-order chi connectivity index (χ0) is 13.1. The van der Waals surface area contributed by atoms with Crippen LogP contribution in [-0.4, -0.2) is 18.6 Å². The third kappa shape index (κ3) is 2.43. The summed E-state index contributed by atoms with van der Waals surface area (Å²) in [5.41, 5.74) is 2.91. The van der Waals surface area contributed by atoms with E-state index in [1.54, 1.807) is 7.11 Å².